The third-order valence-electron chi connectivity index (χ3n) is 2.26. The molecule has 1 N–H and O–H groups in total. The van der Waals surface area contributed by atoms with Crippen molar-refractivity contribution in [1.29, 1.82) is 0 Å². The van der Waals surface area contributed by atoms with Gasteiger partial charge in [-0.2, -0.15) is 0 Å². The van der Waals surface area contributed by atoms with Gasteiger partial charge in [-0.1, -0.05) is 36.9 Å². The maximum absolute atomic E-state index is 3.99. The molecule has 2 nitrogen and oxygen atoms in total. The molecular formula is C13H12N2. The Hall–Kier alpha value is -2.05. The molecule has 0 amide bonds. The summed E-state index contributed by atoms with van der Waals surface area (Å²) < 4.78 is 0. The zero-order valence-electron chi connectivity index (χ0n) is 8.40. The Balaban J connectivity index is 2.24. The van der Waals surface area contributed by atoms with E-state index in [0.29, 0.717) is 0 Å². The minimum absolute atomic E-state index is 0.785. The summed E-state index contributed by atoms with van der Waals surface area (Å²) in [6.07, 6.45) is 4.29. The van der Waals surface area contributed by atoms with Gasteiger partial charge in [0.15, 0.2) is 0 Å². The first-order chi connectivity index (χ1) is 7.40. The van der Waals surface area contributed by atoms with E-state index in [2.05, 4.69) is 34.4 Å². The van der Waals surface area contributed by atoms with Crippen LogP contribution in [0.1, 0.15) is 11.3 Å². The molecule has 2 heteroatoms. The van der Waals surface area contributed by atoms with Crippen molar-refractivity contribution < 1.29 is 0 Å². The average molecular weight is 196 g/mol. The number of benzene rings is 1. The lowest BCUT2D eigenvalue weighted by molar-refractivity contribution is 1.16. The molecule has 0 bridgehead atoms. The fraction of sp³-hybridized carbons (Fsp3) is 0.0769. The van der Waals surface area contributed by atoms with E-state index in [-0.39, 0.29) is 0 Å². The summed E-state index contributed by atoms with van der Waals surface area (Å²) in [6.45, 7) is 3.72. The largest absolute Gasteiger partial charge is 0.348 e. The molecular weight excluding hydrogens is 184 g/mol. The van der Waals surface area contributed by atoms with E-state index in [0.717, 1.165) is 23.3 Å². The minimum atomic E-state index is 0.785. The van der Waals surface area contributed by atoms with Crippen LogP contribution in [0.15, 0.2) is 55.2 Å². The van der Waals surface area contributed by atoms with Crippen LogP contribution in [0.4, 0.5) is 0 Å². The second-order valence-corrected chi connectivity index (χ2v) is 3.27. The maximum Gasteiger partial charge on any atom is 0.0921 e. The molecule has 74 valence electrons. The molecule has 1 aromatic heterocycles. The summed E-state index contributed by atoms with van der Waals surface area (Å²) >= 11 is 0. The van der Waals surface area contributed by atoms with Crippen LogP contribution in [0, 0.1) is 0 Å². The van der Waals surface area contributed by atoms with Gasteiger partial charge in [-0.25, -0.2) is 4.98 Å². The summed E-state index contributed by atoms with van der Waals surface area (Å²) in [7, 11) is 0. The molecule has 0 atom stereocenters. The van der Waals surface area contributed by atoms with E-state index in [4.69, 9.17) is 0 Å². The first kappa shape index (κ1) is 9.50. The first-order valence-corrected chi connectivity index (χ1v) is 4.82. The molecule has 1 heterocycles. The lowest BCUT2D eigenvalue weighted by Crippen LogP contribution is -1.89. The van der Waals surface area contributed by atoms with E-state index in [1.54, 1.807) is 6.33 Å². The Morgan fingerprint density at radius 2 is 2.13 bits per heavy atom. The molecule has 2 rings (SSSR count). The maximum atomic E-state index is 3.99. The molecule has 0 aliphatic heterocycles. The van der Waals surface area contributed by atoms with Crippen molar-refractivity contribution in [2.75, 3.05) is 0 Å². The predicted molar refractivity (Wildman–Crippen MR) is 61.3 cm³/mol. The second-order valence-electron chi connectivity index (χ2n) is 3.27. The highest BCUT2D eigenvalue weighted by Gasteiger charge is 2.02. The molecule has 15 heavy (non-hydrogen) atoms. The molecule has 0 radical (unpaired) electrons. The van der Waals surface area contributed by atoms with Crippen LogP contribution < -0.4 is 0 Å². The number of rotatable bonds is 3. The van der Waals surface area contributed by atoms with Gasteiger partial charge in [0.2, 0.25) is 0 Å². The highest BCUT2D eigenvalue weighted by atomic mass is 14.9. The fourth-order valence-corrected chi connectivity index (χ4v) is 1.48. The Morgan fingerprint density at radius 1 is 1.33 bits per heavy atom. The molecule has 1 aromatic carbocycles. The molecule has 0 fully saturated rings. The summed E-state index contributed by atoms with van der Waals surface area (Å²) in [5.74, 6) is 0. The number of hydrogen-bond donors (Lipinski definition) is 1. The third kappa shape index (κ3) is 2.25. The van der Waals surface area contributed by atoms with Crippen LogP contribution in [-0.4, -0.2) is 9.97 Å². The molecule has 0 saturated carbocycles. The van der Waals surface area contributed by atoms with Crippen molar-refractivity contribution in [3.63, 3.8) is 0 Å². The fourth-order valence-electron chi connectivity index (χ4n) is 1.48. The second kappa shape index (κ2) is 4.45. The number of allylic oxidation sites excluding steroid dienone is 1. The number of nitrogens with zero attached hydrogens (tertiary/aromatic N) is 1. The Labute approximate surface area is 89.0 Å². The summed E-state index contributed by atoms with van der Waals surface area (Å²) in [5.41, 5.74) is 6.29. The van der Waals surface area contributed by atoms with Gasteiger partial charge in [0, 0.05) is 23.9 Å². The molecule has 2 aromatic rings. The smallest absolute Gasteiger partial charge is 0.0921 e. The van der Waals surface area contributed by atoms with Gasteiger partial charge in [0.1, 0.15) is 0 Å². The van der Waals surface area contributed by atoms with E-state index < -0.39 is 0 Å². The Bertz CT molecular complexity index is 463. The van der Waals surface area contributed by atoms with Crippen molar-refractivity contribution in [1.82, 2.24) is 9.97 Å². The molecule has 0 unspecified atom stereocenters. The quantitative estimate of drug-likeness (QED) is 0.751. The van der Waals surface area contributed by atoms with Crippen LogP contribution in [0.2, 0.25) is 0 Å². The Morgan fingerprint density at radius 3 is 2.73 bits per heavy atom. The highest BCUT2D eigenvalue weighted by molar-refractivity contribution is 5.66. The van der Waals surface area contributed by atoms with Crippen LogP contribution in [0.3, 0.4) is 0 Å². The predicted octanol–water partition coefficient (Wildman–Crippen LogP) is 2.82. The first-order valence-electron chi connectivity index (χ1n) is 4.82. The number of H-pyrrole nitrogens is 1. The minimum Gasteiger partial charge on any atom is -0.348 e. The number of imidazole rings is 1. The van der Waals surface area contributed by atoms with Crippen molar-refractivity contribution >= 4 is 5.57 Å². The number of nitrogens with one attached hydrogen (secondary N) is 1. The van der Waals surface area contributed by atoms with Gasteiger partial charge in [-0.15, -0.1) is 5.73 Å². The van der Waals surface area contributed by atoms with Gasteiger partial charge >= 0.3 is 0 Å². The van der Waals surface area contributed by atoms with E-state index >= 15 is 0 Å². The number of hydrogen-bond acceptors (Lipinski definition) is 1. The van der Waals surface area contributed by atoms with E-state index in [1.807, 2.05) is 24.4 Å². The lowest BCUT2D eigenvalue weighted by atomic mass is 10.0. The molecule has 0 spiro atoms. The molecule has 0 aliphatic rings. The normalized spacial score (nSPS) is 9.60. The van der Waals surface area contributed by atoms with Gasteiger partial charge in [0.05, 0.1) is 6.33 Å². The van der Waals surface area contributed by atoms with Gasteiger partial charge in [-0.05, 0) is 5.56 Å². The zero-order valence-corrected chi connectivity index (χ0v) is 8.40. The third-order valence-corrected chi connectivity index (χ3v) is 2.26. The summed E-state index contributed by atoms with van der Waals surface area (Å²) in [5, 5.41) is 0. The summed E-state index contributed by atoms with van der Waals surface area (Å²) in [6, 6.07) is 10.1. The highest BCUT2D eigenvalue weighted by Crippen LogP contribution is 2.16. The zero-order chi connectivity index (χ0) is 10.5. The number of aromatic nitrogens is 2. The van der Waals surface area contributed by atoms with Crippen molar-refractivity contribution in [2.45, 2.75) is 6.42 Å². The van der Waals surface area contributed by atoms with Crippen molar-refractivity contribution in [2.24, 2.45) is 0 Å². The van der Waals surface area contributed by atoms with Crippen molar-refractivity contribution in [3.8, 4) is 0 Å². The van der Waals surface area contributed by atoms with Gasteiger partial charge in [-0.3, -0.25) is 0 Å². The van der Waals surface area contributed by atoms with Gasteiger partial charge < -0.3 is 4.98 Å². The average Bonchev–Trinajstić information content (AvgIpc) is 2.80. The van der Waals surface area contributed by atoms with Crippen molar-refractivity contribution in [3.05, 3.63) is 66.4 Å². The lowest BCUT2D eigenvalue weighted by Gasteiger charge is -2.02. The molecule has 0 saturated heterocycles. The van der Waals surface area contributed by atoms with E-state index in [9.17, 15) is 0 Å². The van der Waals surface area contributed by atoms with Gasteiger partial charge in [0.25, 0.3) is 0 Å². The number of aromatic amines is 1. The SMILES string of the molecule is C=C=C(Cc1cnc[nH]1)c1ccccc1. The standard InChI is InChI=1S/C13H12N2/c1-2-11(8-13-9-14-10-15-13)12-6-4-3-5-7-12/h3-7,9-10H,1,8H2,(H,14,15). The topological polar surface area (TPSA) is 28.7 Å². The van der Waals surface area contributed by atoms with Crippen LogP contribution in [0.5, 0.6) is 0 Å². The monoisotopic (exact) mass is 196 g/mol. The van der Waals surface area contributed by atoms with Crippen LogP contribution >= 0.6 is 0 Å². The summed E-state index contributed by atoms with van der Waals surface area (Å²) in [4.78, 5) is 7.06. The van der Waals surface area contributed by atoms with Crippen LogP contribution in [-0.2, 0) is 6.42 Å². The van der Waals surface area contributed by atoms with Crippen LogP contribution in [0.25, 0.3) is 5.57 Å². The molecule has 0 aliphatic carbocycles. The van der Waals surface area contributed by atoms with E-state index in [1.165, 1.54) is 0 Å². The Kier molecular flexibility index (Phi) is 2.82.